The molecule has 0 radical (unpaired) electrons. The van der Waals surface area contributed by atoms with Gasteiger partial charge < -0.3 is 10.4 Å². The predicted octanol–water partition coefficient (Wildman–Crippen LogP) is 4.19. The van der Waals surface area contributed by atoms with Crippen LogP contribution < -0.4 is 5.32 Å². The van der Waals surface area contributed by atoms with Crippen molar-refractivity contribution in [1.82, 2.24) is 0 Å². The molecule has 0 atom stereocenters. The van der Waals surface area contributed by atoms with Gasteiger partial charge >= 0.3 is 0 Å². The number of aromatic hydroxyl groups is 1. The zero-order valence-electron chi connectivity index (χ0n) is 10.8. The van der Waals surface area contributed by atoms with E-state index in [1.54, 1.807) is 0 Å². The molecule has 0 aliphatic rings. The van der Waals surface area contributed by atoms with E-state index in [-0.39, 0.29) is 28.1 Å². The Kier molecular flexibility index (Phi) is 4.53. The Morgan fingerprint density at radius 2 is 1.70 bits per heavy atom. The number of hydrogen-bond acceptors (Lipinski definition) is 2. The molecule has 0 fully saturated rings. The largest absolute Gasteiger partial charge is 0.505 e. The molecule has 0 unspecified atom stereocenters. The number of amides is 1. The van der Waals surface area contributed by atoms with Crippen LogP contribution in [0.25, 0.3) is 0 Å². The first-order valence-corrected chi connectivity index (χ1v) is 6.74. The molecular weight excluding hydrogens is 297 g/mol. The second kappa shape index (κ2) is 6.16. The summed E-state index contributed by atoms with van der Waals surface area (Å²) in [5.74, 6) is -0.364. The fourth-order valence-corrected chi connectivity index (χ4v) is 2.22. The van der Waals surface area contributed by atoms with Crippen LogP contribution in [0.5, 0.6) is 5.75 Å². The van der Waals surface area contributed by atoms with Gasteiger partial charge in [0, 0.05) is 5.69 Å². The number of halogens is 2. The van der Waals surface area contributed by atoms with Crippen LogP contribution in [-0.4, -0.2) is 11.0 Å². The van der Waals surface area contributed by atoms with Crippen LogP contribution in [-0.2, 0) is 11.2 Å². The first kappa shape index (κ1) is 14.7. The van der Waals surface area contributed by atoms with Gasteiger partial charge in [-0.15, -0.1) is 0 Å². The normalized spacial score (nSPS) is 10.3. The molecule has 3 nitrogen and oxygen atoms in total. The molecule has 0 saturated carbocycles. The molecule has 2 rings (SSSR count). The van der Waals surface area contributed by atoms with E-state index < -0.39 is 0 Å². The van der Waals surface area contributed by atoms with Crippen molar-refractivity contribution in [3.05, 3.63) is 57.6 Å². The van der Waals surface area contributed by atoms with E-state index in [9.17, 15) is 9.90 Å². The summed E-state index contributed by atoms with van der Waals surface area (Å²) >= 11 is 11.6. The zero-order valence-corrected chi connectivity index (χ0v) is 12.3. The third-order valence-corrected chi connectivity index (χ3v) is 3.36. The number of carbonyl (C=O) groups excluding carboxylic acids is 1. The topological polar surface area (TPSA) is 49.3 Å². The maximum atomic E-state index is 11.9. The standard InChI is InChI=1S/C15H13Cl2NO2/c1-9-2-4-10(5-3-9)6-14(19)18-11-7-12(16)15(20)13(17)8-11/h2-5,7-8,20H,6H2,1H3,(H,18,19). The van der Waals surface area contributed by atoms with Gasteiger partial charge in [-0.1, -0.05) is 53.0 Å². The number of benzene rings is 2. The monoisotopic (exact) mass is 309 g/mol. The van der Waals surface area contributed by atoms with Crippen LogP contribution in [0.1, 0.15) is 11.1 Å². The molecule has 2 aromatic rings. The smallest absolute Gasteiger partial charge is 0.228 e. The first-order valence-electron chi connectivity index (χ1n) is 5.99. The van der Waals surface area contributed by atoms with E-state index >= 15 is 0 Å². The number of hydrogen-bond donors (Lipinski definition) is 2. The highest BCUT2D eigenvalue weighted by Gasteiger charge is 2.09. The van der Waals surface area contributed by atoms with Gasteiger partial charge in [0.2, 0.25) is 5.91 Å². The van der Waals surface area contributed by atoms with Gasteiger partial charge in [-0.3, -0.25) is 4.79 Å². The van der Waals surface area contributed by atoms with Gasteiger partial charge in [0.1, 0.15) is 0 Å². The van der Waals surface area contributed by atoms with Crippen molar-refractivity contribution in [3.8, 4) is 5.75 Å². The third-order valence-electron chi connectivity index (χ3n) is 2.79. The van der Waals surface area contributed by atoms with E-state index in [0.29, 0.717) is 5.69 Å². The number of phenolic OH excluding ortho intramolecular Hbond substituents is 1. The van der Waals surface area contributed by atoms with E-state index in [4.69, 9.17) is 23.2 Å². The Labute approximate surface area is 127 Å². The van der Waals surface area contributed by atoms with Crippen molar-refractivity contribution >= 4 is 34.8 Å². The Bertz CT molecular complexity index is 616. The van der Waals surface area contributed by atoms with Crippen molar-refractivity contribution in [3.63, 3.8) is 0 Å². The van der Waals surface area contributed by atoms with E-state index in [1.165, 1.54) is 12.1 Å². The van der Waals surface area contributed by atoms with Gasteiger partial charge in [0.05, 0.1) is 16.5 Å². The SMILES string of the molecule is Cc1ccc(CC(=O)Nc2cc(Cl)c(O)c(Cl)c2)cc1. The second-order valence-corrected chi connectivity index (χ2v) is 5.31. The highest BCUT2D eigenvalue weighted by Crippen LogP contribution is 2.34. The highest BCUT2D eigenvalue weighted by atomic mass is 35.5. The van der Waals surface area contributed by atoms with E-state index in [2.05, 4.69) is 5.32 Å². The molecule has 104 valence electrons. The van der Waals surface area contributed by atoms with Crippen molar-refractivity contribution < 1.29 is 9.90 Å². The van der Waals surface area contributed by atoms with Crippen molar-refractivity contribution in [2.24, 2.45) is 0 Å². The van der Waals surface area contributed by atoms with Crippen LogP contribution in [0.3, 0.4) is 0 Å². The number of carbonyl (C=O) groups is 1. The van der Waals surface area contributed by atoms with Crippen LogP contribution in [0, 0.1) is 6.92 Å². The Hall–Kier alpha value is -1.71. The van der Waals surface area contributed by atoms with Crippen LogP contribution in [0.15, 0.2) is 36.4 Å². The van der Waals surface area contributed by atoms with Gasteiger partial charge in [0.15, 0.2) is 5.75 Å². The molecule has 0 aliphatic carbocycles. The van der Waals surface area contributed by atoms with E-state index in [0.717, 1.165) is 11.1 Å². The molecule has 0 aliphatic heterocycles. The molecule has 1 amide bonds. The van der Waals surface area contributed by atoms with Crippen LogP contribution in [0.2, 0.25) is 10.0 Å². The molecule has 0 aromatic heterocycles. The number of nitrogens with one attached hydrogen (secondary N) is 1. The predicted molar refractivity (Wildman–Crippen MR) is 81.6 cm³/mol. The fraction of sp³-hybridized carbons (Fsp3) is 0.133. The van der Waals surface area contributed by atoms with Crippen LogP contribution >= 0.6 is 23.2 Å². The van der Waals surface area contributed by atoms with Crippen molar-refractivity contribution in [1.29, 1.82) is 0 Å². The molecule has 5 heteroatoms. The van der Waals surface area contributed by atoms with Crippen molar-refractivity contribution in [2.75, 3.05) is 5.32 Å². The molecular formula is C15H13Cl2NO2. The van der Waals surface area contributed by atoms with Gasteiger partial charge in [-0.05, 0) is 24.6 Å². The van der Waals surface area contributed by atoms with Crippen LogP contribution in [0.4, 0.5) is 5.69 Å². The summed E-state index contributed by atoms with van der Waals surface area (Å²) in [5.41, 5.74) is 2.52. The lowest BCUT2D eigenvalue weighted by Gasteiger charge is -2.08. The second-order valence-electron chi connectivity index (χ2n) is 4.50. The quantitative estimate of drug-likeness (QED) is 0.835. The van der Waals surface area contributed by atoms with Gasteiger partial charge in [0.25, 0.3) is 0 Å². The lowest BCUT2D eigenvalue weighted by molar-refractivity contribution is -0.115. The highest BCUT2D eigenvalue weighted by molar-refractivity contribution is 6.37. The third kappa shape index (κ3) is 3.65. The summed E-state index contributed by atoms with van der Waals surface area (Å²) < 4.78 is 0. The maximum absolute atomic E-state index is 11.9. The molecule has 20 heavy (non-hydrogen) atoms. The Balaban J connectivity index is 2.06. The fourth-order valence-electron chi connectivity index (χ4n) is 1.73. The Morgan fingerprint density at radius 1 is 1.15 bits per heavy atom. The number of rotatable bonds is 3. The summed E-state index contributed by atoms with van der Waals surface area (Å²) in [4.78, 5) is 11.9. The minimum Gasteiger partial charge on any atom is -0.505 e. The summed E-state index contributed by atoms with van der Waals surface area (Å²) in [6.07, 6.45) is 0.260. The zero-order chi connectivity index (χ0) is 14.7. The van der Waals surface area contributed by atoms with Gasteiger partial charge in [-0.2, -0.15) is 0 Å². The van der Waals surface area contributed by atoms with E-state index in [1.807, 2.05) is 31.2 Å². The summed E-state index contributed by atoms with van der Waals surface area (Å²) in [6, 6.07) is 10.6. The summed E-state index contributed by atoms with van der Waals surface area (Å²) in [5, 5.41) is 12.3. The minimum atomic E-state index is -0.190. The lowest BCUT2D eigenvalue weighted by Crippen LogP contribution is -2.14. The Morgan fingerprint density at radius 3 is 2.25 bits per heavy atom. The minimum absolute atomic E-state index is 0.100. The average Bonchev–Trinajstić information content (AvgIpc) is 2.38. The number of aryl methyl sites for hydroxylation is 1. The molecule has 0 saturated heterocycles. The van der Waals surface area contributed by atoms with Gasteiger partial charge in [-0.25, -0.2) is 0 Å². The summed E-state index contributed by atoms with van der Waals surface area (Å²) in [7, 11) is 0. The molecule has 0 heterocycles. The lowest BCUT2D eigenvalue weighted by atomic mass is 10.1. The average molecular weight is 310 g/mol. The molecule has 2 N–H and O–H groups in total. The maximum Gasteiger partial charge on any atom is 0.228 e. The molecule has 2 aromatic carbocycles. The number of phenols is 1. The number of anilines is 1. The molecule has 0 bridgehead atoms. The first-order chi connectivity index (χ1) is 9.45. The molecule has 0 spiro atoms. The van der Waals surface area contributed by atoms with Crippen molar-refractivity contribution in [2.45, 2.75) is 13.3 Å². The summed E-state index contributed by atoms with van der Waals surface area (Å²) in [6.45, 7) is 1.99.